The lowest BCUT2D eigenvalue weighted by Gasteiger charge is -2.41. The number of carbonyl (C=O) groups excluding carboxylic acids is 1. The van der Waals surface area contributed by atoms with E-state index in [1.165, 1.54) is 12.1 Å². The maximum absolute atomic E-state index is 13.0. The Bertz CT molecular complexity index is 1320. The highest BCUT2D eigenvalue weighted by molar-refractivity contribution is 7.85. The van der Waals surface area contributed by atoms with Gasteiger partial charge in [0, 0.05) is 40.9 Å². The third-order valence-electron chi connectivity index (χ3n) is 7.19. The van der Waals surface area contributed by atoms with Gasteiger partial charge >= 0.3 is 12.8 Å². The predicted molar refractivity (Wildman–Crippen MR) is 148 cm³/mol. The van der Waals surface area contributed by atoms with E-state index in [9.17, 15) is 31.0 Å². The van der Waals surface area contributed by atoms with E-state index < -0.39 is 29.2 Å². The van der Waals surface area contributed by atoms with Crippen molar-refractivity contribution in [2.75, 3.05) is 23.8 Å². The summed E-state index contributed by atoms with van der Waals surface area (Å²) in [4.78, 5) is 15.4. The number of hydrogen-bond donors (Lipinski definition) is 1. The third kappa shape index (κ3) is 8.13. The van der Waals surface area contributed by atoms with Crippen LogP contribution in [0.2, 0.25) is 0 Å². The molecule has 1 amide bonds. The van der Waals surface area contributed by atoms with Crippen molar-refractivity contribution in [3.63, 3.8) is 0 Å². The molecular weight excluding hydrogens is 563 g/mol. The Morgan fingerprint density at radius 2 is 1.66 bits per heavy atom. The van der Waals surface area contributed by atoms with Crippen molar-refractivity contribution in [1.82, 2.24) is 5.32 Å². The number of amides is 1. The molecule has 0 aromatic heterocycles. The van der Waals surface area contributed by atoms with Crippen LogP contribution in [0.25, 0.3) is 0 Å². The van der Waals surface area contributed by atoms with E-state index in [0.717, 1.165) is 28.2 Å². The molecule has 1 aliphatic rings. The number of ether oxygens (including phenoxy) is 1. The highest BCUT2D eigenvalue weighted by Crippen LogP contribution is 2.36. The average Bonchev–Trinajstić information content (AvgIpc) is 2.98. The minimum absolute atomic E-state index is 0.107. The molecule has 5 nitrogen and oxygen atoms in total. The number of nitrogens with zero attached hydrogens (tertiary/aromatic N) is 1. The largest absolute Gasteiger partial charge is 0.416 e. The molecule has 0 radical (unpaired) electrons. The third-order valence-corrected chi connectivity index (χ3v) is 8.52. The van der Waals surface area contributed by atoms with E-state index in [1.807, 2.05) is 24.0 Å². The summed E-state index contributed by atoms with van der Waals surface area (Å²) in [5.74, 6) is 0.125. The summed E-state index contributed by atoms with van der Waals surface area (Å²) in [5, 5.41) is 2.85. The van der Waals surface area contributed by atoms with Crippen LogP contribution in [0.1, 0.15) is 52.7 Å². The van der Waals surface area contributed by atoms with E-state index in [0.29, 0.717) is 36.4 Å². The Morgan fingerprint density at radius 3 is 2.24 bits per heavy atom. The molecule has 0 bridgehead atoms. The van der Waals surface area contributed by atoms with Gasteiger partial charge in [0.15, 0.2) is 0 Å². The first kappa shape index (κ1) is 30.6. The SMILES string of the molecule is CCS(=O)c1ccc(CNC(=O)c2ccc(N3CC(c4ccc(C(F)(F)F)cc4)CC[C@H]3COC(F)F)cc2)cc1. The standard InChI is InChI=1S/C30H31F5N2O3S/c1-2-41(39)27-15-3-20(4-16-27)17-36-28(38)22-7-12-25(13-8-22)37-18-23(9-14-26(37)19-40-29(31)32)21-5-10-24(11-6-21)30(33,34)35/h3-8,10-13,15-16,23,26,29H,2,9,14,17-19H2,1H3,(H,36,38)/t23?,26-,41?/m0/s1. The number of hydrogen-bond acceptors (Lipinski definition) is 4. The Labute approximate surface area is 238 Å². The topological polar surface area (TPSA) is 58.6 Å². The predicted octanol–water partition coefficient (Wildman–Crippen LogP) is 6.75. The van der Waals surface area contributed by atoms with E-state index in [2.05, 4.69) is 10.1 Å². The normalized spacial score (nSPS) is 18.4. The van der Waals surface area contributed by atoms with Crippen LogP contribution in [-0.2, 0) is 28.3 Å². The second kappa shape index (κ2) is 13.6. The molecule has 4 rings (SSSR count). The number of alkyl halides is 5. The van der Waals surface area contributed by atoms with Crippen LogP contribution in [0.15, 0.2) is 77.7 Å². The smallest absolute Gasteiger partial charge is 0.366 e. The summed E-state index contributed by atoms with van der Waals surface area (Å²) in [6.45, 7) is -0.596. The Kier molecular flexibility index (Phi) is 10.1. The summed E-state index contributed by atoms with van der Waals surface area (Å²) < 4.78 is 81.1. The zero-order chi connectivity index (χ0) is 29.6. The molecule has 3 aromatic rings. The molecule has 1 fully saturated rings. The first-order valence-electron chi connectivity index (χ1n) is 13.2. The van der Waals surface area contributed by atoms with Crippen LogP contribution in [0.5, 0.6) is 0 Å². The lowest BCUT2D eigenvalue weighted by molar-refractivity contribution is -0.137. The van der Waals surface area contributed by atoms with Gasteiger partial charge in [0.25, 0.3) is 5.91 Å². The van der Waals surface area contributed by atoms with Crippen molar-refractivity contribution in [3.05, 3.63) is 95.1 Å². The molecule has 3 atom stereocenters. The second-order valence-electron chi connectivity index (χ2n) is 9.80. The minimum atomic E-state index is -4.43. The molecule has 1 aliphatic heterocycles. The first-order valence-corrected chi connectivity index (χ1v) is 14.6. The molecule has 1 saturated heterocycles. The van der Waals surface area contributed by atoms with Crippen LogP contribution in [0.4, 0.5) is 27.6 Å². The fraction of sp³-hybridized carbons (Fsp3) is 0.367. The summed E-state index contributed by atoms with van der Waals surface area (Å²) in [5.41, 5.74) is 1.98. The molecule has 0 spiro atoms. The molecule has 2 unspecified atom stereocenters. The van der Waals surface area contributed by atoms with Crippen molar-refractivity contribution in [2.45, 2.75) is 56.0 Å². The fourth-order valence-electron chi connectivity index (χ4n) is 4.93. The molecule has 220 valence electrons. The van der Waals surface area contributed by atoms with Gasteiger partial charge in [-0.3, -0.25) is 9.00 Å². The molecule has 0 aliphatic carbocycles. The van der Waals surface area contributed by atoms with E-state index in [4.69, 9.17) is 0 Å². The zero-order valence-corrected chi connectivity index (χ0v) is 23.2. The lowest BCUT2D eigenvalue weighted by Crippen LogP contribution is -2.45. The van der Waals surface area contributed by atoms with Crippen LogP contribution < -0.4 is 10.2 Å². The average molecular weight is 595 g/mol. The fourth-order valence-corrected chi connectivity index (χ4v) is 5.70. The van der Waals surface area contributed by atoms with Crippen LogP contribution >= 0.6 is 0 Å². The van der Waals surface area contributed by atoms with Gasteiger partial charge in [0.1, 0.15) is 0 Å². The molecule has 41 heavy (non-hydrogen) atoms. The number of benzene rings is 3. The highest BCUT2D eigenvalue weighted by Gasteiger charge is 2.33. The number of piperidine rings is 1. The van der Waals surface area contributed by atoms with Crippen molar-refractivity contribution in [3.8, 4) is 0 Å². The highest BCUT2D eigenvalue weighted by atomic mass is 32.2. The van der Waals surface area contributed by atoms with E-state index in [-0.39, 0.29) is 31.0 Å². The van der Waals surface area contributed by atoms with Gasteiger partial charge in [-0.05, 0) is 72.5 Å². The Morgan fingerprint density at radius 1 is 1.00 bits per heavy atom. The maximum atomic E-state index is 13.0. The maximum Gasteiger partial charge on any atom is 0.416 e. The number of carbonyl (C=O) groups is 1. The van der Waals surface area contributed by atoms with Crippen LogP contribution in [0.3, 0.4) is 0 Å². The first-order chi connectivity index (χ1) is 19.5. The van der Waals surface area contributed by atoms with Gasteiger partial charge in [-0.2, -0.15) is 22.0 Å². The van der Waals surface area contributed by atoms with E-state index in [1.54, 1.807) is 36.4 Å². The molecule has 1 N–H and O–H groups in total. The van der Waals surface area contributed by atoms with Gasteiger partial charge in [-0.1, -0.05) is 31.2 Å². The van der Waals surface area contributed by atoms with Gasteiger partial charge in [-0.25, -0.2) is 0 Å². The Balaban J connectivity index is 1.44. The summed E-state index contributed by atoms with van der Waals surface area (Å²) in [6, 6.07) is 18.6. The van der Waals surface area contributed by atoms with Crippen molar-refractivity contribution in [2.24, 2.45) is 0 Å². The molecule has 3 aromatic carbocycles. The summed E-state index contributed by atoms with van der Waals surface area (Å²) in [6.07, 6.45) is -3.32. The van der Waals surface area contributed by atoms with Gasteiger partial charge in [0.2, 0.25) is 0 Å². The monoisotopic (exact) mass is 594 g/mol. The number of rotatable bonds is 10. The van der Waals surface area contributed by atoms with Gasteiger partial charge in [-0.15, -0.1) is 0 Å². The van der Waals surface area contributed by atoms with Crippen LogP contribution in [-0.4, -0.2) is 41.7 Å². The number of halogens is 5. The minimum Gasteiger partial charge on any atom is -0.366 e. The molecular formula is C30H31F5N2O3S. The van der Waals surface area contributed by atoms with Gasteiger partial charge in [0.05, 0.1) is 29.0 Å². The molecule has 11 heteroatoms. The van der Waals surface area contributed by atoms with E-state index >= 15 is 0 Å². The molecule has 1 heterocycles. The van der Waals surface area contributed by atoms with Crippen molar-refractivity contribution >= 4 is 22.4 Å². The summed E-state index contributed by atoms with van der Waals surface area (Å²) >= 11 is 0. The Hall–Kier alpha value is -3.31. The van der Waals surface area contributed by atoms with Crippen molar-refractivity contribution < 1.29 is 35.7 Å². The lowest BCUT2D eigenvalue weighted by atomic mass is 9.86. The second-order valence-corrected chi connectivity index (χ2v) is 11.5. The zero-order valence-electron chi connectivity index (χ0n) is 22.4. The van der Waals surface area contributed by atoms with Crippen LogP contribution in [0, 0.1) is 0 Å². The quantitative estimate of drug-likeness (QED) is 0.264. The molecule has 0 saturated carbocycles. The van der Waals surface area contributed by atoms with Crippen molar-refractivity contribution in [1.29, 1.82) is 0 Å². The van der Waals surface area contributed by atoms with Gasteiger partial charge < -0.3 is 15.0 Å². The number of nitrogens with one attached hydrogen (secondary N) is 1. The number of anilines is 1. The summed E-state index contributed by atoms with van der Waals surface area (Å²) in [7, 11) is -1.05.